The first-order valence-corrected chi connectivity index (χ1v) is 6.21. The van der Waals surface area contributed by atoms with Crippen molar-refractivity contribution in [1.29, 1.82) is 5.26 Å². The average Bonchev–Trinajstić information content (AvgIpc) is 2.45. The van der Waals surface area contributed by atoms with E-state index in [-0.39, 0.29) is 6.10 Å². The third-order valence-corrected chi connectivity index (χ3v) is 2.87. The fraction of sp³-hybridized carbons (Fsp3) is 0.500. The van der Waals surface area contributed by atoms with E-state index in [1.165, 1.54) is 0 Å². The first kappa shape index (κ1) is 12.9. The van der Waals surface area contributed by atoms with E-state index in [2.05, 4.69) is 6.07 Å². The standard InChI is InChI=1S/C14H17NO3/c15-11-12-3-1-2-4-14(12)18-10-9-17-13-5-7-16-8-6-13/h1-4,13H,5-10H2. The molecule has 4 nitrogen and oxygen atoms in total. The van der Waals surface area contributed by atoms with Gasteiger partial charge in [-0.15, -0.1) is 0 Å². The molecule has 0 unspecified atom stereocenters. The average molecular weight is 247 g/mol. The van der Waals surface area contributed by atoms with Gasteiger partial charge in [-0.05, 0) is 25.0 Å². The Balaban J connectivity index is 1.70. The van der Waals surface area contributed by atoms with Gasteiger partial charge in [-0.1, -0.05) is 12.1 Å². The van der Waals surface area contributed by atoms with Crippen molar-refractivity contribution >= 4 is 0 Å². The van der Waals surface area contributed by atoms with Crippen molar-refractivity contribution < 1.29 is 14.2 Å². The second-order valence-electron chi connectivity index (χ2n) is 4.14. The van der Waals surface area contributed by atoms with Crippen molar-refractivity contribution in [1.82, 2.24) is 0 Å². The molecule has 1 aliphatic rings. The summed E-state index contributed by atoms with van der Waals surface area (Å²) in [4.78, 5) is 0. The maximum absolute atomic E-state index is 8.90. The third kappa shape index (κ3) is 3.73. The maximum atomic E-state index is 8.90. The Bertz CT molecular complexity index is 408. The highest BCUT2D eigenvalue weighted by Gasteiger charge is 2.13. The number of nitriles is 1. The SMILES string of the molecule is N#Cc1ccccc1OCCOC1CCOCC1. The minimum atomic E-state index is 0.286. The predicted molar refractivity (Wildman–Crippen MR) is 66.4 cm³/mol. The summed E-state index contributed by atoms with van der Waals surface area (Å²) in [6, 6.07) is 9.33. The van der Waals surface area contributed by atoms with Crippen LogP contribution in [0, 0.1) is 11.3 Å². The predicted octanol–water partition coefficient (Wildman–Crippen LogP) is 2.13. The van der Waals surface area contributed by atoms with Gasteiger partial charge in [0.25, 0.3) is 0 Å². The van der Waals surface area contributed by atoms with Crippen LogP contribution in [0.4, 0.5) is 0 Å². The number of hydrogen-bond acceptors (Lipinski definition) is 4. The Kier molecular flexibility index (Phi) is 5.00. The fourth-order valence-electron chi connectivity index (χ4n) is 1.89. The van der Waals surface area contributed by atoms with Crippen molar-refractivity contribution in [3.63, 3.8) is 0 Å². The molecule has 0 spiro atoms. The lowest BCUT2D eigenvalue weighted by Gasteiger charge is -2.22. The van der Waals surface area contributed by atoms with Crippen LogP contribution in [-0.4, -0.2) is 32.5 Å². The van der Waals surface area contributed by atoms with Gasteiger partial charge in [0.2, 0.25) is 0 Å². The Morgan fingerprint density at radius 2 is 2.00 bits per heavy atom. The van der Waals surface area contributed by atoms with Gasteiger partial charge in [0.05, 0.1) is 18.3 Å². The number of nitrogens with zero attached hydrogens (tertiary/aromatic N) is 1. The summed E-state index contributed by atoms with van der Waals surface area (Å²) in [5, 5.41) is 8.90. The lowest BCUT2D eigenvalue weighted by molar-refractivity contribution is -0.0388. The molecule has 0 radical (unpaired) electrons. The zero-order valence-electron chi connectivity index (χ0n) is 10.3. The molecule has 0 amide bonds. The maximum Gasteiger partial charge on any atom is 0.137 e. The molecule has 96 valence electrons. The van der Waals surface area contributed by atoms with E-state index in [1.54, 1.807) is 12.1 Å². The Hall–Kier alpha value is -1.57. The number of rotatable bonds is 5. The number of ether oxygens (including phenoxy) is 3. The molecule has 1 aliphatic heterocycles. The van der Waals surface area contributed by atoms with Crippen LogP contribution >= 0.6 is 0 Å². The highest BCUT2D eigenvalue weighted by molar-refractivity contribution is 5.42. The first-order chi connectivity index (χ1) is 8.90. The second kappa shape index (κ2) is 7.00. The van der Waals surface area contributed by atoms with E-state index in [9.17, 15) is 0 Å². The van der Waals surface area contributed by atoms with Crippen LogP contribution in [-0.2, 0) is 9.47 Å². The van der Waals surface area contributed by atoms with Crippen LogP contribution in [0.3, 0.4) is 0 Å². The molecule has 18 heavy (non-hydrogen) atoms. The summed E-state index contributed by atoms with van der Waals surface area (Å²) in [7, 11) is 0. The van der Waals surface area contributed by atoms with E-state index in [4.69, 9.17) is 19.5 Å². The molecule has 0 aliphatic carbocycles. The Morgan fingerprint density at radius 1 is 1.22 bits per heavy atom. The van der Waals surface area contributed by atoms with Crippen molar-refractivity contribution in [3.05, 3.63) is 29.8 Å². The number of benzene rings is 1. The first-order valence-electron chi connectivity index (χ1n) is 6.21. The third-order valence-electron chi connectivity index (χ3n) is 2.87. The van der Waals surface area contributed by atoms with Crippen molar-refractivity contribution in [2.45, 2.75) is 18.9 Å². The van der Waals surface area contributed by atoms with Crippen molar-refractivity contribution in [2.24, 2.45) is 0 Å². The minimum absolute atomic E-state index is 0.286. The molecule has 0 N–H and O–H groups in total. The Morgan fingerprint density at radius 3 is 2.78 bits per heavy atom. The van der Waals surface area contributed by atoms with E-state index in [1.807, 2.05) is 12.1 Å². The topological polar surface area (TPSA) is 51.5 Å². The van der Waals surface area contributed by atoms with Crippen LogP contribution in [0.5, 0.6) is 5.75 Å². The molecule has 1 aromatic carbocycles. The summed E-state index contributed by atoms with van der Waals surface area (Å²) in [5.41, 5.74) is 0.559. The summed E-state index contributed by atoms with van der Waals surface area (Å²) in [6.07, 6.45) is 2.19. The summed E-state index contributed by atoms with van der Waals surface area (Å²) in [5.74, 6) is 0.621. The zero-order valence-corrected chi connectivity index (χ0v) is 10.3. The quantitative estimate of drug-likeness (QED) is 0.748. The number of para-hydroxylation sites is 1. The summed E-state index contributed by atoms with van der Waals surface area (Å²) in [6.45, 7) is 2.58. The van der Waals surface area contributed by atoms with Gasteiger partial charge < -0.3 is 14.2 Å². The van der Waals surface area contributed by atoms with E-state index < -0.39 is 0 Å². The summed E-state index contributed by atoms with van der Waals surface area (Å²) >= 11 is 0. The molecule has 0 aromatic heterocycles. The molecule has 1 saturated heterocycles. The largest absolute Gasteiger partial charge is 0.490 e. The molecule has 1 heterocycles. The lowest BCUT2D eigenvalue weighted by Crippen LogP contribution is -2.25. The van der Waals surface area contributed by atoms with Crippen LogP contribution in [0.2, 0.25) is 0 Å². The zero-order chi connectivity index (χ0) is 12.6. The minimum Gasteiger partial charge on any atom is -0.490 e. The smallest absolute Gasteiger partial charge is 0.137 e. The van der Waals surface area contributed by atoms with Gasteiger partial charge in [-0.2, -0.15) is 5.26 Å². The van der Waals surface area contributed by atoms with Gasteiger partial charge >= 0.3 is 0 Å². The van der Waals surface area contributed by atoms with E-state index >= 15 is 0 Å². The molecule has 4 heteroatoms. The molecular formula is C14H17NO3. The van der Waals surface area contributed by atoms with Gasteiger partial charge in [0.1, 0.15) is 18.4 Å². The van der Waals surface area contributed by atoms with Gasteiger partial charge in [-0.3, -0.25) is 0 Å². The molecule has 0 saturated carbocycles. The molecular weight excluding hydrogens is 230 g/mol. The van der Waals surface area contributed by atoms with Crippen LogP contribution in [0.1, 0.15) is 18.4 Å². The molecule has 0 atom stereocenters. The van der Waals surface area contributed by atoms with E-state index in [0.717, 1.165) is 26.1 Å². The molecule has 1 fully saturated rings. The molecule has 2 rings (SSSR count). The fourth-order valence-corrected chi connectivity index (χ4v) is 1.89. The Labute approximate surface area is 107 Å². The van der Waals surface area contributed by atoms with Crippen molar-refractivity contribution in [2.75, 3.05) is 26.4 Å². The monoisotopic (exact) mass is 247 g/mol. The van der Waals surface area contributed by atoms with Crippen molar-refractivity contribution in [3.8, 4) is 11.8 Å². The highest BCUT2D eigenvalue weighted by Crippen LogP contribution is 2.16. The van der Waals surface area contributed by atoms with Crippen LogP contribution < -0.4 is 4.74 Å². The summed E-state index contributed by atoms with van der Waals surface area (Å²) < 4.78 is 16.5. The van der Waals surface area contributed by atoms with Crippen LogP contribution in [0.15, 0.2) is 24.3 Å². The lowest BCUT2D eigenvalue weighted by atomic mass is 10.2. The van der Waals surface area contributed by atoms with Gasteiger partial charge in [-0.25, -0.2) is 0 Å². The van der Waals surface area contributed by atoms with Gasteiger partial charge in [0, 0.05) is 13.2 Å². The van der Waals surface area contributed by atoms with E-state index in [0.29, 0.717) is 24.5 Å². The van der Waals surface area contributed by atoms with Gasteiger partial charge in [0.15, 0.2) is 0 Å². The molecule has 0 bridgehead atoms. The van der Waals surface area contributed by atoms with Crippen LogP contribution in [0.25, 0.3) is 0 Å². The molecule has 1 aromatic rings. The highest BCUT2D eigenvalue weighted by atomic mass is 16.5. The second-order valence-corrected chi connectivity index (χ2v) is 4.14. The number of hydrogen-bond donors (Lipinski definition) is 0. The normalized spacial score (nSPS) is 16.2.